The summed E-state index contributed by atoms with van der Waals surface area (Å²) >= 11 is 0. The summed E-state index contributed by atoms with van der Waals surface area (Å²) in [4.78, 5) is 2.05. The van der Waals surface area contributed by atoms with Crippen LogP contribution in [-0.4, -0.2) is 30.6 Å². The Hall–Kier alpha value is -1.45. The second-order valence-corrected chi connectivity index (χ2v) is 5.53. The molecule has 0 heterocycles. The number of hydrogen-bond donors (Lipinski definition) is 1. The molecular weight excluding hydrogens is 241 g/mol. The molecule has 1 atom stereocenters. The molecule has 0 unspecified atom stereocenters. The topological polar surface area (TPSA) is 23.5 Å². The van der Waals surface area contributed by atoms with Gasteiger partial charge in [0.05, 0.1) is 5.60 Å². The Morgan fingerprint density at radius 2 is 1.74 bits per heavy atom. The lowest BCUT2D eigenvalue weighted by Crippen LogP contribution is -2.27. The van der Waals surface area contributed by atoms with Crippen molar-refractivity contribution in [2.24, 2.45) is 0 Å². The van der Waals surface area contributed by atoms with Crippen LogP contribution in [-0.2, 0) is 5.60 Å². The lowest BCUT2D eigenvalue weighted by Gasteiger charge is -2.26. The molecule has 0 aliphatic heterocycles. The predicted octanol–water partition coefficient (Wildman–Crippen LogP) is 3.14. The molecule has 1 N–H and O–H groups in total. The quantitative estimate of drug-likeness (QED) is 0.914. The zero-order chi connectivity index (χ0) is 14.0. The summed E-state index contributed by atoms with van der Waals surface area (Å²) < 4.78 is 13.1. The molecule has 0 amide bonds. The van der Waals surface area contributed by atoms with Gasteiger partial charge in [-0.3, -0.25) is 0 Å². The Bertz CT molecular complexity index is 578. The first-order valence-corrected chi connectivity index (χ1v) is 6.45. The fourth-order valence-electron chi connectivity index (χ4n) is 2.14. The number of hydrogen-bond acceptors (Lipinski definition) is 2. The standard InChI is InChI=1S/C16H20FNO/c1-16(19,8-9-18(2)3)14-6-4-13-11-15(17)7-5-12(13)10-14/h4-7,10-11,19H,8-9H2,1-3H3/t16-/m1/s1. The lowest BCUT2D eigenvalue weighted by molar-refractivity contribution is 0.0407. The van der Waals surface area contributed by atoms with Crippen molar-refractivity contribution in [3.05, 3.63) is 47.8 Å². The van der Waals surface area contributed by atoms with E-state index in [-0.39, 0.29) is 5.82 Å². The first kappa shape index (κ1) is 14.0. The van der Waals surface area contributed by atoms with Crippen LogP contribution in [0.25, 0.3) is 10.8 Å². The molecule has 0 bridgehead atoms. The van der Waals surface area contributed by atoms with Crippen LogP contribution >= 0.6 is 0 Å². The largest absolute Gasteiger partial charge is 0.385 e. The summed E-state index contributed by atoms with van der Waals surface area (Å²) in [5.74, 6) is -0.236. The second kappa shape index (κ2) is 5.27. The summed E-state index contributed by atoms with van der Waals surface area (Å²) in [6.07, 6.45) is 0.659. The summed E-state index contributed by atoms with van der Waals surface area (Å²) in [5.41, 5.74) is 0.000734. The lowest BCUT2D eigenvalue weighted by atomic mass is 9.90. The molecule has 0 spiro atoms. The van der Waals surface area contributed by atoms with E-state index in [4.69, 9.17) is 0 Å². The minimum Gasteiger partial charge on any atom is -0.385 e. The molecular formula is C16H20FNO. The zero-order valence-corrected chi connectivity index (χ0v) is 11.7. The number of nitrogens with zero attached hydrogens (tertiary/aromatic N) is 1. The maximum Gasteiger partial charge on any atom is 0.123 e. The summed E-state index contributed by atoms with van der Waals surface area (Å²) in [5, 5.41) is 12.4. The second-order valence-electron chi connectivity index (χ2n) is 5.53. The van der Waals surface area contributed by atoms with Gasteiger partial charge in [0.1, 0.15) is 5.82 Å². The van der Waals surface area contributed by atoms with Crippen molar-refractivity contribution >= 4 is 10.8 Å². The maximum atomic E-state index is 13.1. The van der Waals surface area contributed by atoms with Gasteiger partial charge in [-0.15, -0.1) is 0 Å². The SMILES string of the molecule is CN(C)CC[C@@](C)(O)c1ccc2cc(F)ccc2c1. The Labute approximate surface area is 113 Å². The van der Waals surface area contributed by atoms with Crippen molar-refractivity contribution in [2.45, 2.75) is 18.9 Å². The molecule has 2 nitrogen and oxygen atoms in total. The molecule has 2 aromatic rings. The van der Waals surface area contributed by atoms with E-state index >= 15 is 0 Å². The van der Waals surface area contributed by atoms with Gasteiger partial charge in [0.25, 0.3) is 0 Å². The summed E-state index contributed by atoms with van der Waals surface area (Å²) in [6, 6.07) is 10.4. The van der Waals surface area contributed by atoms with E-state index in [9.17, 15) is 9.50 Å². The van der Waals surface area contributed by atoms with Crippen LogP contribution in [0.5, 0.6) is 0 Å². The van der Waals surface area contributed by atoms with Crippen LogP contribution < -0.4 is 0 Å². The van der Waals surface area contributed by atoms with Gasteiger partial charge in [0.2, 0.25) is 0 Å². The molecule has 0 saturated carbocycles. The fourth-order valence-corrected chi connectivity index (χ4v) is 2.14. The van der Waals surface area contributed by atoms with E-state index in [0.717, 1.165) is 22.9 Å². The molecule has 0 saturated heterocycles. The molecule has 2 rings (SSSR count). The van der Waals surface area contributed by atoms with Crippen LogP contribution in [0.4, 0.5) is 4.39 Å². The van der Waals surface area contributed by atoms with Crippen molar-refractivity contribution in [1.29, 1.82) is 0 Å². The average molecular weight is 261 g/mol. The third-order valence-electron chi connectivity index (χ3n) is 3.47. The highest BCUT2D eigenvalue weighted by Crippen LogP contribution is 2.28. The summed E-state index contributed by atoms with van der Waals surface area (Å²) in [7, 11) is 3.97. The van der Waals surface area contributed by atoms with Crippen molar-refractivity contribution in [1.82, 2.24) is 4.90 Å². The highest BCUT2D eigenvalue weighted by atomic mass is 19.1. The van der Waals surface area contributed by atoms with E-state index in [2.05, 4.69) is 0 Å². The van der Waals surface area contributed by atoms with Crippen LogP contribution in [0.15, 0.2) is 36.4 Å². The number of fused-ring (bicyclic) bond motifs is 1. The molecule has 19 heavy (non-hydrogen) atoms. The van der Waals surface area contributed by atoms with E-state index in [0.29, 0.717) is 6.42 Å². The van der Waals surface area contributed by atoms with E-state index in [1.165, 1.54) is 12.1 Å². The van der Waals surface area contributed by atoms with Crippen molar-refractivity contribution in [3.8, 4) is 0 Å². The first-order valence-electron chi connectivity index (χ1n) is 6.45. The van der Waals surface area contributed by atoms with Crippen LogP contribution in [0.1, 0.15) is 18.9 Å². The fraction of sp³-hybridized carbons (Fsp3) is 0.375. The number of halogens is 1. The highest BCUT2D eigenvalue weighted by Gasteiger charge is 2.23. The Morgan fingerprint density at radius 3 is 2.42 bits per heavy atom. The third kappa shape index (κ3) is 3.31. The molecule has 2 aromatic carbocycles. The molecule has 102 valence electrons. The molecule has 0 radical (unpaired) electrons. The minimum absolute atomic E-state index is 0.236. The van der Waals surface area contributed by atoms with E-state index in [1.54, 1.807) is 6.07 Å². The van der Waals surface area contributed by atoms with Crippen molar-refractivity contribution in [2.75, 3.05) is 20.6 Å². The molecule has 0 aliphatic rings. The van der Waals surface area contributed by atoms with Crippen LogP contribution in [0.3, 0.4) is 0 Å². The van der Waals surface area contributed by atoms with Gasteiger partial charge in [-0.05, 0) is 62.0 Å². The van der Waals surface area contributed by atoms with E-state index in [1.807, 2.05) is 44.1 Å². The Balaban J connectivity index is 2.32. The maximum absolute atomic E-state index is 13.1. The normalized spacial score (nSPS) is 14.8. The molecule has 0 fully saturated rings. The first-order chi connectivity index (χ1) is 8.88. The van der Waals surface area contributed by atoms with Crippen LogP contribution in [0.2, 0.25) is 0 Å². The van der Waals surface area contributed by atoms with Gasteiger partial charge in [0, 0.05) is 6.54 Å². The van der Waals surface area contributed by atoms with Gasteiger partial charge < -0.3 is 10.0 Å². The van der Waals surface area contributed by atoms with Crippen molar-refractivity contribution in [3.63, 3.8) is 0 Å². The molecule has 3 heteroatoms. The number of rotatable bonds is 4. The molecule has 0 aromatic heterocycles. The predicted molar refractivity (Wildman–Crippen MR) is 76.6 cm³/mol. The van der Waals surface area contributed by atoms with Crippen LogP contribution in [0, 0.1) is 5.82 Å². The average Bonchev–Trinajstić information content (AvgIpc) is 2.36. The Kier molecular flexibility index (Phi) is 3.88. The van der Waals surface area contributed by atoms with Gasteiger partial charge in [-0.25, -0.2) is 4.39 Å². The third-order valence-corrected chi connectivity index (χ3v) is 3.47. The number of benzene rings is 2. The van der Waals surface area contributed by atoms with Crippen molar-refractivity contribution < 1.29 is 9.50 Å². The van der Waals surface area contributed by atoms with E-state index < -0.39 is 5.60 Å². The minimum atomic E-state index is -0.868. The molecule has 0 aliphatic carbocycles. The van der Waals surface area contributed by atoms with Gasteiger partial charge >= 0.3 is 0 Å². The smallest absolute Gasteiger partial charge is 0.123 e. The Morgan fingerprint density at radius 1 is 1.11 bits per heavy atom. The zero-order valence-electron chi connectivity index (χ0n) is 11.7. The highest BCUT2D eigenvalue weighted by molar-refractivity contribution is 5.83. The van der Waals surface area contributed by atoms with Gasteiger partial charge in [-0.2, -0.15) is 0 Å². The monoisotopic (exact) mass is 261 g/mol. The van der Waals surface area contributed by atoms with Gasteiger partial charge in [0.15, 0.2) is 0 Å². The summed E-state index contributed by atoms with van der Waals surface area (Å²) in [6.45, 7) is 2.63. The van der Waals surface area contributed by atoms with Gasteiger partial charge in [-0.1, -0.05) is 18.2 Å². The number of aliphatic hydroxyl groups is 1.